The maximum atomic E-state index is 10.9. The van der Waals surface area contributed by atoms with Crippen LogP contribution in [0.25, 0.3) is 0 Å². The number of ether oxygens (including phenoxy) is 1. The molecule has 1 aliphatic carbocycles. The molecule has 1 saturated carbocycles. The molecular weight excluding hydrogens is 341 g/mol. The Morgan fingerprint density at radius 2 is 1.87 bits per heavy atom. The molecule has 0 atom stereocenters. The van der Waals surface area contributed by atoms with Crippen molar-refractivity contribution >= 4 is 29.2 Å². The number of halogens is 2. The Hall–Kier alpha value is -1.63. The largest absolute Gasteiger partial charge is 0.476 e. The van der Waals surface area contributed by atoms with Crippen molar-refractivity contribution in [1.29, 1.82) is 0 Å². The van der Waals surface area contributed by atoms with E-state index in [9.17, 15) is 4.79 Å². The molecule has 0 heterocycles. The minimum atomic E-state index is -1.26. The molecule has 6 N–H and O–H groups in total. The predicted molar refractivity (Wildman–Crippen MR) is 88.7 cm³/mol. The summed E-state index contributed by atoms with van der Waals surface area (Å²) >= 11 is 12.0. The van der Waals surface area contributed by atoms with Crippen LogP contribution in [-0.4, -0.2) is 17.2 Å². The van der Waals surface area contributed by atoms with Crippen molar-refractivity contribution in [3.63, 3.8) is 0 Å². The van der Waals surface area contributed by atoms with Gasteiger partial charge in [0.25, 0.3) is 0 Å². The Morgan fingerprint density at radius 1 is 1.22 bits per heavy atom. The molecule has 1 fully saturated rings. The highest BCUT2D eigenvalue weighted by atomic mass is 35.5. The standard InChI is InChI=1S/C15H19Cl2N3O3/c16-11-6-3-9(7-12(11)17)8-1-4-10(5-2-8)23-14(18)13(20-19)15(21)22/h3,6-8,10,20H,1-2,4-5,18-19H2,(H,21,22)/b14-13+. The van der Waals surface area contributed by atoms with Gasteiger partial charge in [0.05, 0.1) is 10.0 Å². The summed E-state index contributed by atoms with van der Waals surface area (Å²) in [5.74, 6) is 4.06. The normalized spacial score (nSPS) is 22.2. The van der Waals surface area contributed by atoms with Crippen LogP contribution in [0.4, 0.5) is 0 Å². The van der Waals surface area contributed by atoms with Crippen LogP contribution in [-0.2, 0) is 9.53 Å². The van der Waals surface area contributed by atoms with Crippen molar-refractivity contribution in [1.82, 2.24) is 5.43 Å². The highest BCUT2D eigenvalue weighted by molar-refractivity contribution is 6.42. The molecule has 0 bridgehead atoms. The number of nitrogens with two attached hydrogens (primary N) is 2. The van der Waals surface area contributed by atoms with Crippen molar-refractivity contribution in [2.75, 3.05) is 0 Å². The fourth-order valence-corrected chi connectivity index (χ4v) is 3.06. The Kier molecular flexibility index (Phi) is 5.98. The number of aliphatic carboxylic acids is 1. The van der Waals surface area contributed by atoms with E-state index in [0.717, 1.165) is 31.2 Å². The first-order valence-electron chi connectivity index (χ1n) is 7.23. The highest BCUT2D eigenvalue weighted by Gasteiger charge is 2.25. The second-order valence-electron chi connectivity index (χ2n) is 5.45. The number of rotatable bonds is 5. The van der Waals surface area contributed by atoms with Crippen LogP contribution in [0.15, 0.2) is 29.8 Å². The minimum absolute atomic E-state index is 0.128. The topological polar surface area (TPSA) is 111 Å². The van der Waals surface area contributed by atoms with Crippen LogP contribution in [0, 0.1) is 0 Å². The van der Waals surface area contributed by atoms with Gasteiger partial charge in [-0.2, -0.15) is 0 Å². The van der Waals surface area contributed by atoms with E-state index in [-0.39, 0.29) is 17.7 Å². The van der Waals surface area contributed by atoms with Crippen LogP contribution < -0.4 is 17.0 Å². The number of carbonyl (C=O) groups is 1. The second kappa shape index (κ2) is 7.77. The van der Waals surface area contributed by atoms with Crippen LogP contribution in [0.3, 0.4) is 0 Å². The van der Waals surface area contributed by atoms with E-state index in [1.54, 1.807) is 6.07 Å². The quantitative estimate of drug-likeness (QED) is 0.278. The number of carboxylic acid groups (broad SMARTS) is 1. The monoisotopic (exact) mass is 359 g/mol. The summed E-state index contributed by atoms with van der Waals surface area (Å²) in [6.45, 7) is 0. The van der Waals surface area contributed by atoms with Crippen LogP contribution >= 0.6 is 23.2 Å². The van der Waals surface area contributed by atoms with E-state index in [1.165, 1.54) is 0 Å². The van der Waals surface area contributed by atoms with Gasteiger partial charge in [0.15, 0.2) is 5.70 Å². The van der Waals surface area contributed by atoms with Gasteiger partial charge in [-0.15, -0.1) is 0 Å². The molecule has 0 aromatic heterocycles. The lowest BCUT2D eigenvalue weighted by Crippen LogP contribution is -2.32. The van der Waals surface area contributed by atoms with Crippen molar-refractivity contribution in [3.05, 3.63) is 45.4 Å². The number of nitrogens with one attached hydrogen (secondary N) is 1. The van der Waals surface area contributed by atoms with Crippen molar-refractivity contribution < 1.29 is 14.6 Å². The van der Waals surface area contributed by atoms with E-state index in [2.05, 4.69) is 0 Å². The molecule has 8 heteroatoms. The molecule has 1 aromatic rings. The number of hydrazine groups is 1. The summed E-state index contributed by atoms with van der Waals surface area (Å²) in [7, 11) is 0. The molecule has 23 heavy (non-hydrogen) atoms. The molecule has 126 valence electrons. The van der Waals surface area contributed by atoms with Gasteiger partial charge in [0.1, 0.15) is 6.10 Å². The maximum Gasteiger partial charge on any atom is 0.358 e. The first kappa shape index (κ1) is 17.7. The van der Waals surface area contributed by atoms with Crippen LogP contribution in [0.5, 0.6) is 0 Å². The van der Waals surface area contributed by atoms with Gasteiger partial charge >= 0.3 is 5.97 Å². The number of hydrogen-bond donors (Lipinski definition) is 4. The average Bonchev–Trinajstić information content (AvgIpc) is 2.51. The summed E-state index contributed by atoms with van der Waals surface area (Å²) in [6, 6.07) is 5.68. The summed E-state index contributed by atoms with van der Waals surface area (Å²) in [5, 5.41) is 10.0. The smallest absolute Gasteiger partial charge is 0.358 e. The lowest BCUT2D eigenvalue weighted by atomic mass is 9.83. The van der Waals surface area contributed by atoms with E-state index in [1.807, 2.05) is 17.6 Å². The van der Waals surface area contributed by atoms with Crippen molar-refractivity contribution in [2.24, 2.45) is 11.6 Å². The summed E-state index contributed by atoms with van der Waals surface area (Å²) in [4.78, 5) is 10.9. The first-order chi connectivity index (χ1) is 10.9. The van der Waals surface area contributed by atoms with E-state index in [0.29, 0.717) is 16.0 Å². The third-order valence-electron chi connectivity index (χ3n) is 3.99. The molecule has 0 spiro atoms. The number of benzene rings is 1. The zero-order chi connectivity index (χ0) is 17.0. The van der Waals surface area contributed by atoms with Gasteiger partial charge in [0, 0.05) is 0 Å². The SMILES string of the molecule is NN/C(C(=O)O)=C(\N)OC1CCC(c2ccc(Cl)c(Cl)c2)CC1. The zero-order valence-corrected chi connectivity index (χ0v) is 13.9. The Morgan fingerprint density at radius 3 is 2.39 bits per heavy atom. The molecule has 1 aliphatic rings. The Balaban J connectivity index is 1.96. The predicted octanol–water partition coefficient (Wildman–Crippen LogP) is 2.71. The second-order valence-corrected chi connectivity index (χ2v) is 6.27. The summed E-state index contributed by atoms with van der Waals surface area (Å²) in [6.07, 6.45) is 3.20. The fraction of sp³-hybridized carbons (Fsp3) is 0.400. The van der Waals surface area contributed by atoms with E-state index >= 15 is 0 Å². The molecular formula is C15H19Cl2N3O3. The van der Waals surface area contributed by atoms with Gasteiger partial charge in [0.2, 0.25) is 5.88 Å². The maximum absolute atomic E-state index is 10.9. The molecule has 0 amide bonds. The van der Waals surface area contributed by atoms with Crippen molar-refractivity contribution in [3.8, 4) is 0 Å². The van der Waals surface area contributed by atoms with E-state index in [4.69, 9.17) is 44.6 Å². The van der Waals surface area contributed by atoms with Crippen LogP contribution in [0.1, 0.15) is 37.2 Å². The lowest BCUT2D eigenvalue weighted by molar-refractivity contribution is -0.133. The van der Waals surface area contributed by atoms with Gasteiger partial charge in [-0.1, -0.05) is 29.3 Å². The Labute approximate surface area is 144 Å². The number of hydrogen-bond acceptors (Lipinski definition) is 5. The zero-order valence-electron chi connectivity index (χ0n) is 12.4. The molecule has 2 rings (SSSR count). The van der Waals surface area contributed by atoms with Crippen LogP contribution in [0.2, 0.25) is 10.0 Å². The average molecular weight is 360 g/mol. The molecule has 1 aromatic carbocycles. The Bertz CT molecular complexity index is 614. The fourth-order valence-electron chi connectivity index (χ4n) is 2.76. The molecule has 6 nitrogen and oxygen atoms in total. The molecule has 0 aliphatic heterocycles. The van der Waals surface area contributed by atoms with Gasteiger partial charge < -0.3 is 21.0 Å². The molecule has 0 radical (unpaired) electrons. The van der Waals surface area contributed by atoms with Gasteiger partial charge in [-0.3, -0.25) is 5.84 Å². The summed E-state index contributed by atoms with van der Waals surface area (Å²) in [5.41, 5.74) is 8.50. The minimum Gasteiger partial charge on any atom is -0.476 e. The molecule has 0 saturated heterocycles. The third-order valence-corrected chi connectivity index (χ3v) is 4.73. The van der Waals surface area contributed by atoms with E-state index < -0.39 is 5.97 Å². The third kappa shape index (κ3) is 4.43. The lowest BCUT2D eigenvalue weighted by Gasteiger charge is -2.29. The number of carboxylic acids is 1. The van der Waals surface area contributed by atoms with Crippen molar-refractivity contribution in [2.45, 2.75) is 37.7 Å². The summed E-state index contributed by atoms with van der Waals surface area (Å²) < 4.78 is 5.52. The molecule has 0 unspecified atom stereocenters. The first-order valence-corrected chi connectivity index (χ1v) is 7.99. The highest BCUT2D eigenvalue weighted by Crippen LogP contribution is 2.36. The van der Waals surface area contributed by atoms with Gasteiger partial charge in [-0.25, -0.2) is 4.79 Å². The van der Waals surface area contributed by atoms with Gasteiger partial charge in [-0.05, 0) is 49.3 Å².